The van der Waals surface area contributed by atoms with Crippen molar-refractivity contribution in [2.75, 3.05) is 0 Å². The molecule has 1 aliphatic carbocycles. The molecule has 0 saturated carbocycles. The second-order valence-corrected chi connectivity index (χ2v) is 3.75. The van der Waals surface area contributed by atoms with Crippen molar-refractivity contribution in [2.45, 2.75) is 39.5 Å². The van der Waals surface area contributed by atoms with Crippen molar-refractivity contribution >= 4 is 5.78 Å². The Labute approximate surface area is 73.8 Å². The van der Waals surface area contributed by atoms with Gasteiger partial charge in [0.1, 0.15) is 0 Å². The molecule has 0 spiro atoms. The Bertz CT molecular complexity index is 214. The molecule has 0 bridgehead atoms. The number of carbonyl (C=O) groups excluding carboxylic acids is 1. The van der Waals surface area contributed by atoms with Gasteiger partial charge in [-0.05, 0) is 30.8 Å². The van der Waals surface area contributed by atoms with E-state index in [1.54, 1.807) is 6.08 Å². The molecule has 0 aromatic carbocycles. The van der Waals surface area contributed by atoms with Gasteiger partial charge in [-0.3, -0.25) is 4.79 Å². The highest BCUT2D eigenvalue weighted by molar-refractivity contribution is 5.91. The highest BCUT2D eigenvalue weighted by atomic mass is 16.1. The SMILES string of the molecule is CCC1(CC)CC(=O)C=C(N)C1. The average Bonchev–Trinajstić information content (AvgIpc) is 2.02. The summed E-state index contributed by atoms with van der Waals surface area (Å²) in [6, 6.07) is 0. The van der Waals surface area contributed by atoms with Gasteiger partial charge in [-0.1, -0.05) is 13.8 Å². The van der Waals surface area contributed by atoms with E-state index in [0.717, 1.165) is 25.0 Å². The summed E-state index contributed by atoms with van der Waals surface area (Å²) in [6.07, 6.45) is 5.25. The second-order valence-electron chi connectivity index (χ2n) is 3.75. The first-order valence-corrected chi connectivity index (χ1v) is 4.61. The molecule has 0 aliphatic heterocycles. The minimum atomic E-state index is 0.163. The summed E-state index contributed by atoms with van der Waals surface area (Å²) in [5.74, 6) is 0.197. The zero-order chi connectivity index (χ0) is 9.19. The summed E-state index contributed by atoms with van der Waals surface area (Å²) in [6.45, 7) is 4.27. The fourth-order valence-corrected chi connectivity index (χ4v) is 1.92. The number of nitrogens with two attached hydrogens (primary N) is 1. The van der Waals surface area contributed by atoms with Crippen LogP contribution in [0.2, 0.25) is 0 Å². The normalized spacial score (nSPS) is 22.2. The number of hydrogen-bond acceptors (Lipinski definition) is 2. The standard InChI is InChI=1S/C10H17NO/c1-3-10(4-2)6-8(11)5-9(12)7-10/h5H,3-4,6-7,11H2,1-2H3. The molecular weight excluding hydrogens is 150 g/mol. The largest absolute Gasteiger partial charge is 0.402 e. The topological polar surface area (TPSA) is 43.1 Å². The molecule has 2 nitrogen and oxygen atoms in total. The average molecular weight is 167 g/mol. The molecule has 2 N–H and O–H groups in total. The van der Waals surface area contributed by atoms with Crippen LogP contribution in [-0.2, 0) is 4.79 Å². The lowest BCUT2D eigenvalue weighted by molar-refractivity contribution is -0.117. The van der Waals surface area contributed by atoms with Crippen LogP contribution in [0.1, 0.15) is 39.5 Å². The van der Waals surface area contributed by atoms with E-state index in [0.29, 0.717) is 6.42 Å². The maximum Gasteiger partial charge on any atom is 0.157 e. The lowest BCUT2D eigenvalue weighted by Gasteiger charge is -2.33. The molecule has 0 unspecified atom stereocenters. The smallest absolute Gasteiger partial charge is 0.157 e. The van der Waals surface area contributed by atoms with E-state index in [1.165, 1.54) is 0 Å². The summed E-state index contributed by atoms with van der Waals surface area (Å²) in [7, 11) is 0. The van der Waals surface area contributed by atoms with Gasteiger partial charge in [0, 0.05) is 12.1 Å². The lowest BCUT2D eigenvalue weighted by atomic mass is 9.71. The summed E-state index contributed by atoms with van der Waals surface area (Å²) >= 11 is 0. The van der Waals surface area contributed by atoms with E-state index in [-0.39, 0.29) is 11.2 Å². The molecule has 2 heteroatoms. The minimum absolute atomic E-state index is 0.163. The highest BCUT2D eigenvalue weighted by Gasteiger charge is 2.32. The summed E-state index contributed by atoms with van der Waals surface area (Å²) in [5.41, 5.74) is 6.61. The number of hydrogen-bond donors (Lipinski definition) is 1. The fourth-order valence-electron chi connectivity index (χ4n) is 1.92. The van der Waals surface area contributed by atoms with Crippen LogP contribution in [0.4, 0.5) is 0 Å². The van der Waals surface area contributed by atoms with Crippen molar-refractivity contribution in [3.8, 4) is 0 Å². The van der Waals surface area contributed by atoms with Crippen molar-refractivity contribution in [1.82, 2.24) is 0 Å². The Hall–Kier alpha value is -0.790. The van der Waals surface area contributed by atoms with Crippen LogP contribution in [0.3, 0.4) is 0 Å². The Morgan fingerprint density at radius 2 is 2.00 bits per heavy atom. The van der Waals surface area contributed by atoms with Gasteiger partial charge in [0.2, 0.25) is 0 Å². The number of ketones is 1. The maximum atomic E-state index is 11.3. The Morgan fingerprint density at radius 3 is 2.42 bits per heavy atom. The highest BCUT2D eigenvalue weighted by Crippen LogP contribution is 2.39. The van der Waals surface area contributed by atoms with Crippen molar-refractivity contribution in [2.24, 2.45) is 11.1 Å². The first kappa shape index (κ1) is 9.30. The Balaban J connectivity index is 2.83. The molecule has 68 valence electrons. The molecule has 0 amide bonds. The molecule has 1 aliphatic rings. The summed E-state index contributed by atoms with van der Waals surface area (Å²) in [4.78, 5) is 11.3. The zero-order valence-electron chi connectivity index (χ0n) is 7.89. The van der Waals surface area contributed by atoms with E-state index in [4.69, 9.17) is 5.73 Å². The Kier molecular flexibility index (Phi) is 2.55. The monoisotopic (exact) mass is 167 g/mol. The zero-order valence-corrected chi connectivity index (χ0v) is 7.89. The molecule has 0 radical (unpaired) electrons. The van der Waals surface area contributed by atoms with E-state index in [2.05, 4.69) is 13.8 Å². The number of rotatable bonds is 2. The number of carbonyl (C=O) groups is 1. The third-order valence-electron chi connectivity index (χ3n) is 2.97. The van der Waals surface area contributed by atoms with Crippen molar-refractivity contribution in [3.05, 3.63) is 11.8 Å². The van der Waals surface area contributed by atoms with Crippen LogP contribution in [0.5, 0.6) is 0 Å². The van der Waals surface area contributed by atoms with E-state index >= 15 is 0 Å². The summed E-state index contributed by atoms with van der Waals surface area (Å²) in [5, 5.41) is 0. The molecule has 0 heterocycles. The first-order chi connectivity index (χ1) is 5.62. The van der Waals surface area contributed by atoms with Crippen molar-refractivity contribution in [1.29, 1.82) is 0 Å². The predicted molar refractivity (Wildman–Crippen MR) is 49.5 cm³/mol. The molecule has 1 rings (SSSR count). The van der Waals surface area contributed by atoms with Gasteiger partial charge >= 0.3 is 0 Å². The van der Waals surface area contributed by atoms with Gasteiger partial charge in [0.05, 0.1) is 0 Å². The van der Waals surface area contributed by atoms with Crippen LogP contribution < -0.4 is 5.73 Å². The maximum absolute atomic E-state index is 11.3. The van der Waals surface area contributed by atoms with E-state index < -0.39 is 0 Å². The van der Waals surface area contributed by atoms with Crippen LogP contribution in [-0.4, -0.2) is 5.78 Å². The quantitative estimate of drug-likeness (QED) is 0.683. The van der Waals surface area contributed by atoms with Gasteiger partial charge in [0.15, 0.2) is 5.78 Å². The van der Waals surface area contributed by atoms with Gasteiger partial charge < -0.3 is 5.73 Å². The molecule has 12 heavy (non-hydrogen) atoms. The lowest BCUT2D eigenvalue weighted by Crippen LogP contribution is -2.29. The molecule has 0 aromatic heterocycles. The Morgan fingerprint density at radius 1 is 1.42 bits per heavy atom. The van der Waals surface area contributed by atoms with Crippen LogP contribution in [0.15, 0.2) is 11.8 Å². The van der Waals surface area contributed by atoms with E-state index in [9.17, 15) is 4.79 Å². The van der Waals surface area contributed by atoms with Crippen LogP contribution >= 0.6 is 0 Å². The van der Waals surface area contributed by atoms with Gasteiger partial charge in [-0.2, -0.15) is 0 Å². The van der Waals surface area contributed by atoms with Crippen molar-refractivity contribution < 1.29 is 4.79 Å². The fraction of sp³-hybridized carbons (Fsp3) is 0.700. The van der Waals surface area contributed by atoms with Crippen molar-refractivity contribution in [3.63, 3.8) is 0 Å². The van der Waals surface area contributed by atoms with Gasteiger partial charge in [-0.25, -0.2) is 0 Å². The predicted octanol–water partition coefficient (Wildman–Crippen LogP) is 2.00. The molecule has 0 saturated heterocycles. The first-order valence-electron chi connectivity index (χ1n) is 4.61. The molecule has 0 atom stereocenters. The molecule has 0 aromatic rings. The third kappa shape index (κ3) is 1.68. The minimum Gasteiger partial charge on any atom is -0.402 e. The molecule has 0 fully saturated rings. The number of allylic oxidation sites excluding steroid dienone is 2. The van der Waals surface area contributed by atoms with E-state index in [1.807, 2.05) is 0 Å². The second kappa shape index (κ2) is 3.30. The van der Waals surface area contributed by atoms with Crippen LogP contribution in [0, 0.1) is 5.41 Å². The van der Waals surface area contributed by atoms with Gasteiger partial charge in [-0.15, -0.1) is 0 Å². The van der Waals surface area contributed by atoms with Gasteiger partial charge in [0.25, 0.3) is 0 Å². The third-order valence-corrected chi connectivity index (χ3v) is 2.97. The molecular formula is C10H17NO. The van der Waals surface area contributed by atoms with Crippen LogP contribution in [0.25, 0.3) is 0 Å². The summed E-state index contributed by atoms with van der Waals surface area (Å²) < 4.78 is 0.